The number of carbonyl (C=O) groups excluding carboxylic acids is 1. The van der Waals surface area contributed by atoms with E-state index in [1.54, 1.807) is 17.5 Å². The van der Waals surface area contributed by atoms with E-state index >= 15 is 0 Å². The molecule has 1 atom stereocenters. The van der Waals surface area contributed by atoms with Crippen molar-refractivity contribution in [1.29, 1.82) is 0 Å². The van der Waals surface area contributed by atoms with Crippen LogP contribution in [-0.4, -0.2) is 33.8 Å². The highest BCUT2D eigenvalue weighted by Crippen LogP contribution is 2.32. The van der Waals surface area contributed by atoms with Crippen molar-refractivity contribution in [3.8, 4) is 0 Å². The molecule has 2 amide bonds. The van der Waals surface area contributed by atoms with Crippen molar-refractivity contribution >= 4 is 17.4 Å². The van der Waals surface area contributed by atoms with Crippen LogP contribution in [0.5, 0.6) is 0 Å². The number of amides is 2. The van der Waals surface area contributed by atoms with Crippen molar-refractivity contribution < 1.29 is 4.79 Å². The molecule has 112 valence electrons. The third kappa shape index (κ3) is 3.44. The molecule has 0 bridgehead atoms. The minimum atomic E-state index is 0.0594. The summed E-state index contributed by atoms with van der Waals surface area (Å²) in [6, 6.07) is 4.35. The molecule has 1 N–H and O–H groups in total. The highest BCUT2D eigenvalue weighted by Gasteiger charge is 2.29. The van der Waals surface area contributed by atoms with Gasteiger partial charge in [0.25, 0.3) is 0 Å². The van der Waals surface area contributed by atoms with Crippen LogP contribution < -0.4 is 5.32 Å². The number of carbonyl (C=O) groups is 1. The van der Waals surface area contributed by atoms with Gasteiger partial charge in [0.1, 0.15) is 0 Å². The van der Waals surface area contributed by atoms with E-state index in [0.717, 1.165) is 32.4 Å². The van der Waals surface area contributed by atoms with Crippen molar-refractivity contribution in [3.63, 3.8) is 0 Å². The average Bonchev–Trinajstić information content (AvgIpc) is 3.24. The third-order valence-corrected chi connectivity index (χ3v) is 4.54. The molecule has 2 aromatic heterocycles. The van der Waals surface area contributed by atoms with Gasteiger partial charge in [0.2, 0.25) is 0 Å². The van der Waals surface area contributed by atoms with Crippen LogP contribution in [0.3, 0.4) is 0 Å². The lowest BCUT2D eigenvalue weighted by molar-refractivity contribution is 0.193. The highest BCUT2D eigenvalue weighted by atomic mass is 32.1. The number of hydrogen-bond donors (Lipinski definition) is 1. The number of aryl methyl sites for hydroxylation is 1. The van der Waals surface area contributed by atoms with Crippen LogP contribution in [0.15, 0.2) is 35.3 Å². The molecule has 0 saturated carbocycles. The Morgan fingerprint density at radius 3 is 3.24 bits per heavy atom. The Morgan fingerprint density at radius 2 is 2.48 bits per heavy atom. The predicted molar refractivity (Wildman–Crippen MR) is 83.2 cm³/mol. The molecule has 5 nitrogen and oxygen atoms in total. The smallest absolute Gasteiger partial charge is 0.317 e. The fraction of sp³-hybridized carbons (Fsp3) is 0.467. The van der Waals surface area contributed by atoms with E-state index in [2.05, 4.69) is 27.2 Å². The zero-order valence-electron chi connectivity index (χ0n) is 11.9. The summed E-state index contributed by atoms with van der Waals surface area (Å²) in [6.07, 6.45) is 6.76. The normalized spacial score (nSPS) is 18.1. The lowest BCUT2D eigenvalue weighted by Crippen LogP contribution is -2.40. The molecule has 0 unspecified atom stereocenters. The van der Waals surface area contributed by atoms with Gasteiger partial charge in [-0.2, -0.15) is 16.4 Å². The second-order valence-electron chi connectivity index (χ2n) is 5.26. The van der Waals surface area contributed by atoms with E-state index in [9.17, 15) is 4.79 Å². The molecule has 2 aromatic rings. The Kier molecular flexibility index (Phi) is 4.55. The van der Waals surface area contributed by atoms with Crippen LogP contribution in [0.4, 0.5) is 4.79 Å². The summed E-state index contributed by atoms with van der Waals surface area (Å²) in [5.41, 5.74) is 1.27. The Hall–Kier alpha value is -1.82. The largest absolute Gasteiger partial charge is 0.338 e. The van der Waals surface area contributed by atoms with E-state index in [0.29, 0.717) is 6.54 Å². The fourth-order valence-corrected chi connectivity index (χ4v) is 3.50. The highest BCUT2D eigenvalue weighted by molar-refractivity contribution is 7.07. The van der Waals surface area contributed by atoms with Gasteiger partial charge in [-0.1, -0.05) is 0 Å². The molecule has 3 rings (SSSR count). The van der Waals surface area contributed by atoms with Gasteiger partial charge in [-0.3, -0.25) is 4.68 Å². The summed E-state index contributed by atoms with van der Waals surface area (Å²) in [7, 11) is 0. The maximum atomic E-state index is 12.3. The third-order valence-electron chi connectivity index (χ3n) is 3.84. The van der Waals surface area contributed by atoms with E-state index in [1.807, 2.05) is 21.8 Å². The van der Waals surface area contributed by atoms with Crippen molar-refractivity contribution in [2.24, 2.45) is 0 Å². The Balaban J connectivity index is 1.46. The maximum absolute atomic E-state index is 12.3. The summed E-state index contributed by atoms with van der Waals surface area (Å²) in [4.78, 5) is 14.3. The Bertz CT molecular complexity index is 552. The van der Waals surface area contributed by atoms with E-state index in [4.69, 9.17) is 0 Å². The number of nitrogens with zero attached hydrogens (tertiary/aromatic N) is 3. The fourth-order valence-electron chi connectivity index (χ4n) is 2.79. The second-order valence-corrected chi connectivity index (χ2v) is 6.04. The Morgan fingerprint density at radius 1 is 1.52 bits per heavy atom. The van der Waals surface area contributed by atoms with Gasteiger partial charge in [0.05, 0.1) is 6.04 Å². The molecule has 1 fully saturated rings. The predicted octanol–water partition coefficient (Wildman–Crippen LogP) is 2.88. The summed E-state index contributed by atoms with van der Waals surface area (Å²) in [5.74, 6) is 0. The molecule has 1 aliphatic heterocycles. The van der Waals surface area contributed by atoms with Crippen molar-refractivity contribution in [3.05, 3.63) is 40.8 Å². The second kappa shape index (κ2) is 6.76. The first-order valence-electron chi connectivity index (χ1n) is 7.38. The molecule has 1 saturated heterocycles. The minimum Gasteiger partial charge on any atom is -0.338 e. The molecule has 0 aromatic carbocycles. The van der Waals surface area contributed by atoms with Crippen LogP contribution in [-0.2, 0) is 6.54 Å². The van der Waals surface area contributed by atoms with Crippen LogP contribution in [0.25, 0.3) is 0 Å². The summed E-state index contributed by atoms with van der Waals surface area (Å²) in [5, 5.41) is 11.4. The number of aromatic nitrogens is 2. The van der Waals surface area contributed by atoms with Gasteiger partial charge in [-0.25, -0.2) is 4.79 Å². The lowest BCUT2D eigenvalue weighted by atomic mass is 10.1. The molecule has 1 aliphatic rings. The molecule has 0 radical (unpaired) electrons. The lowest BCUT2D eigenvalue weighted by Gasteiger charge is -2.24. The van der Waals surface area contributed by atoms with Crippen LogP contribution in [0, 0.1) is 0 Å². The monoisotopic (exact) mass is 304 g/mol. The Labute approximate surface area is 128 Å². The van der Waals surface area contributed by atoms with Crippen LogP contribution in [0.2, 0.25) is 0 Å². The average molecular weight is 304 g/mol. The summed E-state index contributed by atoms with van der Waals surface area (Å²) < 4.78 is 1.89. The zero-order chi connectivity index (χ0) is 14.5. The number of hydrogen-bond acceptors (Lipinski definition) is 3. The van der Waals surface area contributed by atoms with Gasteiger partial charge in [-0.15, -0.1) is 0 Å². The zero-order valence-corrected chi connectivity index (χ0v) is 12.8. The summed E-state index contributed by atoms with van der Waals surface area (Å²) >= 11 is 1.69. The van der Waals surface area contributed by atoms with E-state index < -0.39 is 0 Å². The van der Waals surface area contributed by atoms with Crippen molar-refractivity contribution in [1.82, 2.24) is 20.0 Å². The number of urea groups is 1. The minimum absolute atomic E-state index is 0.0594. The molecule has 6 heteroatoms. The SMILES string of the molecule is O=C(NCCCn1cccn1)N1CCC[C@H]1c1ccsc1. The first-order chi connectivity index (χ1) is 10.3. The van der Waals surface area contributed by atoms with E-state index in [-0.39, 0.29) is 12.1 Å². The van der Waals surface area contributed by atoms with Gasteiger partial charge in [0, 0.05) is 32.0 Å². The van der Waals surface area contributed by atoms with Crippen molar-refractivity contribution in [2.75, 3.05) is 13.1 Å². The number of thiophene rings is 1. The number of likely N-dealkylation sites (tertiary alicyclic amines) is 1. The van der Waals surface area contributed by atoms with Crippen LogP contribution >= 0.6 is 11.3 Å². The first kappa shape index (κ1) is 14.1. The summed E-state index contributed by atoms with van der Waals surface area (Å²) in [6.45, 7) is 2.37. The number of rotatable bonds is 5. The maximum Gasteiger partial charge on any atom is 0.317 e. The topological polar surface area (TPSA) is 50.2 Å². The van der Waals surface area contributed by atoms with Crippen LogP contribution in [0.1, 0.15) is 30.9 Å². The van der Waals surface area contributed by atoms with Gasteiger partial charge in [0.15, 0.2) is 0 Å². The molecule has 0 aliphatic carbocycles. The molecule has 3 heterocycles. The van der Waals surface area contributed by atoms with Gasteiger partial charge in [-0.05, 0) is 47.7 Å². The molecular formula is C15H20N4OS. The number of nitrogens with one attached hydrogen (secondary N) is 1. The van der Waals surface area contributed by atoms with Crippen molar-refractivity contribution in [2.45, 2.75) is 31.8 Å². The van der Waals surface area contributed by atoms with E-state index in [1.165, 1.54) is 5.56 Å². The standard InChI is InChI=1S/C15H20N4OS/c20-15(16-6-2-8-18-9-3-7-17-18)19-10-1-4-14(19)13-5-11-21-12-13/h3,5,7,9,11-12,14H,1-2,4,6,8,10H2,(H,16,20)/t14-/m0/s1. The quantitative estimate of drug-likeness (QED) is 0.864. The van der Waals surface area contributed by atoms with Gasteiger partial charge < -0.3 is 10.2 Å². The first-order valence-corrected chi connectivity index (χ1v) is 8.33. The van der Waals surface area contributed by atoms with Gasteiger partial charge >= 0.3 is 6.03 Å². The molecule has 0 spiro atoms. The molecular weight excluding hydrogens is 284 g/mol. The molecule has 21 heavy (non-hydrogen) atoms.